The van der Waals surface area contributed by atoms with Gasteiger partial charge in [0.1, 0.15) is 5.75 Å². The molecule has 6 heteroatoms. The number of hydrogen-bond donors (Lipinski definition) is 0. The lowest BCUT2D eigenvalue weighted by atomic mass is 10.1. The van der Waals surface area contributed by atoms with E-state index >= 15 is 0 Å². The smallest absolute Gasteiger partial charge is 0.278 e. The summed E-state index contributed by atoms with van der Waals surface area (Å²) in [6, 6.07) is 19.3. The van der Waals surface area contributed by atoms with Crippen molar-refractivity contribution in [2.75, 3.05) is 10.9 Å². The summed E-state index contributed by atoms with van der Waals surface area (Å²) in [7, 11) is -4.12. The lowest BCUT2D eigenvalue weighted by Gasteiger charge is -2.23. The van der Waals surface area contributed by atoms with Crippen molar-refractivity contribution in [1.82, 2.24) is 0 Å². The van der Waals surface area contributed by atoms with E-state index in [0.717, 1.165) is 45.8 Å². The molecule has 1 amide bonds. The number of sulfonamides is 1. The molecule has 0 aliphatic rings. The molecule has 3 aromatic carbocycles. The molecule has 0 aromatic heterocycles. The Hall–Kier alpha value is -3.12. The van der Waals surface area contributed by atoms with Crippen LogP contribution in [0.1, 0.15) is 42.0 Å². The standard InChI is InChI=1S/C27H31NO4S/c1-5-6-10-23-13-15-24(16-14-23)28(33(30,31)25-17-11-20(2)12-18-25)26(29)19-32-27-21(3)8-7-9-22(27)4/h7-9,11-18H,5-6,10,19H2,1-4H3. The first-order chi connectivity index (χ1) is 15.7. The fourth-order valence-corrected chi connectivity index (χ4v) is 5.04. The second-order valence-corrected chi connectivity index (χ2v) is 10.0. The van der Waals surface area contributed by atoms with Gasteiger partial charge in [-0.05, 0) is 74.6 Å². The van der Waals surface area contributed by atoms with E-state index in [0.29, 0.717) is 11.4 Å². The van der Waals surface area contributed by atoms with Gasteiger partial charge in [0.15, 0.2) is 6.61 Å². The number of aryl methyl sites for hydroxylation is 4. The lowest BCUT2D eigenvalue weighted by Crippen LogP contribution is -2.40. The number of hydrogen-bond acceptors (Lipinski definition) is 4. The van der Waals surface area contributed by atoms with Crippen LogP contribution >= 0.6 is 0 Å². The summed E-state index contributed by atoms with van der Waals surface area (Å²) in [6.45, 7) is 7.39. The lowest BCUT2D eigenvalue weighted by molar-refractivity contribution is -0.119. The van der Waals surface area contributed by atoms with Gasteiger partial charge < -0.3 is 4.74 Å². The van der Waals surface area contributed by atoms with Crippen molar-refractivity contribution in [2.45, 2.75) is 51.9 Å². The molecule has 0 saturated carbocycles. The fourth-order valence-electron chi connectivity index (χ4n) is 3.63. The molecule has 0 bridgehead atoms. The van der Waals surface area contributed by atoms with E-state index in [1.165, 1.54) is 12.1 Å². The normalized spacial score (nSPS) is 11.3. The van der Waals surface area contributed by atoms with Crippen molar-refractivity contribution in [3.05, 3.63) is 89.0 Å². The Balaban J connectivity index is 1.95. The number of nitrogens with zero attached hydrogens (tertiary/aromatic N) is 1. The Morgan fingerprint density at radius 1 is 0.879 bits per heavy atom. The molecule has 174 valence electrons. The van der Waals surface area contributed by atoms with E-state index in [1.54, 1.807) is 24.3 Å². The molecule has 0 unspecified atom stereocenters. The maximum Gasteiger partial charge on any atom is 0.278 e. The highest BCUT2D eigenvalue weighted by atomic mass is 32.2. The van der Waals surface area contributed by atoms with Crippen molar-refractivity contribution in [3.63, 3.8) is 0 Å². The summed E-state index contributed by atoms with van der Waals surface area (Å²) in [5.41, 5.74) is 4.11. The van der Waals surface area contributed by atoms with Crippen LogP contribution < -0.4 is 9.04 Å². The molecule has 0 radical (unpaired) electrons. The molecular formula is C27H31NO4S. The van der Waals surface area contributed by atoms with E-state index < -0.39 is 22.5 Å². The summed E-state index contributed by atoms with van der Waals surface area (Å²) < 4.78 is 33.7. The Morgan fingerprint density at radius 3 is 2.06 bits per heavy atom. The SMILES string of the molecule is CCCCc1ccc(N(C(=O)COc2c(C)cccc2C)S(=O)(=O)c2ccc(C)cc2)cc1. The minimum atomic E-state index is -4.12. The van der Waals surface area contributed by atoms with Crippen LogP contribution in [-0.4, -0.2) is 20.9 Å². The van der Waals surface area contributed by atoms with Crippen LogP contribution in [0.15, 0.2) is 71.6 Å². The van der Waals surface area contributed by atoms with E-state index in [4.69, 9.17) is 4.74 Å². The van der Waals surface area contributed by atoms with Crippen LogP contribution in [0.2, 0.25) is 0 Å². The number of anilines is 1. The van der Waals surface area contributed by atoms with Gasteiger partial charge in [0.2, 0.25) is 0 Å². The molecule has 0 fully saturated rings. The van der Waals surface area contributed by atoms with Gasteiger partial charge in [0.05, 0.1) is 10.6 Å². The average molecular weight is 466 g/mol. The predicted molar refractivity (Wildman–Crippen MR) is 132 cm³/mol. The topological polar surface area (TPSA) is 63.7 Å². The summed E-state index contributed by atoms with van der Waals surface area (Å²) in [5.74, 6) is -0.0621. The molecule has 0 aliphatic heterocycles. The first kappa shape index (κ1) is 24.5. The third-order valence-electron chi connectivity index (χ3n) is 5.52. The van der Waals surface area contributed by atoms with E-state index in [-0.39, 0.29) is 4.90 Å². The molecule has 3 aromatic rings. The zero-order chi connectivity index (χ0) is 24.0. The number of ether oxygens (including phenoxy) is 1. The fraction of sp³-hybridized carbons (Fsp3) is 0.296. The number of benzene rings is 3. The Bertz CT molecular complexity index is 1180. The molecule has 33 heavy (non-hydrogen) atoms. The zero-order valence-electron chi connectivity index (χ0n) is 19.7. The molecule has 0 N–H and O–H groups in total. The van der Waals surface area contributed by atoms with Crippen molar-refractivity contribution in [3.8, 4) is 5.75 Å². The van der Waals surface area contributed by atoms with Crippen LogP contribution in [0.25, 0.3) is 0 Å². The van der Waals surface area contributed by atoms with Gasteiger partial charge in [-0.15, -0.1) is 0 Å². The molecule has 0 atom stereocenters. The van der Waals surface area contributed by atoms with Crippen LogP contribution in [0.5, 0.6) is 5.75 Å². The van der Waals surface area contributed by atoms with E-state index in [9.17, 15) is 13.2 Å². The minimum absolute atomic E-state index is 0.0589. The van der Waals surface area contributed by atoms with Gasteiger partial charge >= 0.3 is 0 Å². The third-order valence-corrected chi connectivity index (χ3v) is 7.29. The summed E-state index contributed by atoms with van der Waals surface area (Å²) >= 11 is 0. The first-order valence-electron chi connectivity index (χ1n) is 11.2. The number of carbonyl (C=O) groups is 1. The monoisotopic (exact) mass is 465 g/mol. The van der Waals surface area contributed by atoms with Crippen LogP contribution in [-0.2, 0) is 21.2 Å². The average Bonchev–Trinajstić information content (AvgIpc) is 2.78. The molecule has 0 saturated heterocycles. The number of amides is 1. The van der Waals surface area contributed by atoms with Crippen LogP contribution in [0.3, 0.4) is 0 Å². The summed E-state index contributed by atoms with van der Waals surface area (Å²) in [4.78, 5) is 13.4. The Morgan fingerprint density at radius 2 is 1.48 bits per heavy atom. The zero-order valence-corrected chi connectivity index (χ0v) is 20.5. The minimum Gasteiger partial charge on any atom is -0.483 e. The summed E-state index contributed by atoms with van der Waals surface area (Å²) in [6.07, 6.45) is 3.03. The van der Waals surface area contributed by atoms with Crippen molar-refractivity contribution >= 4 is 21.6 Å². The van der Waals surface area contributed by atoms with Gasteiger partial charge in [-0.3, -0.25) is 4.79 Å². The van der Waals surface area contributed by atoms with Crippen molar-refractivity contribution < 1.29 is 17.9 Å². The first-order valence-corrected chi connectivity index (χ1v) is 12.6. The van der Waals surface area contributed by atoms with E-state index in [2.05, 4.69) is 6.92 Å². The highest BCUT2D eigenvalue weighted by Crippen LogP contribution is 2.27. The maximum absolute atomic E-state index is 13.5. The van der Waals surface area contributed by atoms with Gasteiger partial charge in [-0.1, -0.05) is 61.4 Å². The van der Waals surface area contributed by atoms with Crippen molar-refractivity contribution in [1.29, 1.82) is 0 Å². The molecule has 0 heterocycles. The van der Waals surface area contributed by atoms with Gasteiger partial charge in [0, 0.05) is 0 Å². The predicted octanol–water partition coefficient (Wildman–Crippen LogP) is 5.76. The van der Waals surface area contributed by atoms with Gasteiger partial charge in [0.25, 0.3) is 15.9 Å². The molecule has 5 nitrogen and oxygen atoms in total. The number of unbranched alkanes of at least 4 members (excludes halogenated alkanes) is 1. The molecule has 0 spiro atoms. The highest BCUT2D eigenvalue weighted by molar-refractivity contribution is 7.93. The Labute approximate surface area is 197 Å². The van der Waals surface area contributed by atoms with Gasteiger partial charge in [-0.25, -0.2) is 8.42 Å². The maximum atomic E-state index is 13.5. The quantitative estimate of drug-likeness (QED) is 0.403. The molecule has 0 aliphatic carbocycles. The van der Waals surface area contributed by atoms with Gasteiger partial charge in [-0.2, -0.15) is 4.31 Å². The molecule has 3 rings (SSSR count). The summed E-state index contributed by atoms with van der Waals surface area (Å²) in [5, 5.41) is 0. The second-order valence-electron chi connectivity index (χ2n) is 8.26. The second kappa shape index (κ2) is 10.7. The third kappa shape index (κ3) is 5.82. The highest BCUT2D eigenvalue weighted by Gasteiger charge is 2.31. The number of rotatable bonds is 9. The van der Waals surface area contributed by atoms with Crippen LogP contribution in [0, 0.1) is 20.8 Å². The largest absolute Gasteiger partial charge is 0.483 e. The van der Waals surface area contributed by atoms with Crippen LogP contribution in [0.4, 0.5) is 5.69 Å². The number of carbonyl (C=O) groups excluding carboxylic acids is 1. The van der Waals surface area contributed by atoms with Crippen molar-refractivity contribution in [2.24, 2.45) is 0 Å². The van der Waals surface area contributed by atoms with E-state index in [1.807, 2.05) is 51.1 Å². The Kier molecular flexibility index (Phi) is 7.92. The molecular weight excluding hydrogens is 434 g/mol. The number of para-hydroxylation sites is 1.